The van der Waals surface area contributed by atoms with E-state index in [9.17, 15) is 29.4 Å². The highest BCUT2D eigenvalue weighted by atomic mass is 16.6. The molecule has 0 amide bonds. The SMILES string of the molecule is CC(=O)OC[C@@]1(CO)OC(=O)c2c(OCCCCCCCCCOc3cccc4c3C(=O)O[C@]4(CO)COC(C)=O)cccc21. The summed E-state index contributed by atoms with van der Waals surface area (Å²) in [5.41, 5.74) is -1.51. The average Bonchev–Trinajstić information content (AvgIpc) is 3.49. The zero-order valence-electron chi connectivity index (χ0n) is 25.6. The molecular formula is C33H40O12. The number of unbranched alkanes of at least 4 members (excludes halogenated alkanes) is 6. The van der Waals surface area contributed by atoms with Crippen molar-refractivity contribution in [3.63, 3.8) is 0 Å². The number of fused-ring (bicyclic) bond motifs is 2. The Labute approximate surface area is 261 Å². The van der Waals surface area contributed by atoms with E-state index in [-0.39, 0.29) is 24.3 Å². The lowest BCUT2D eigenvalue weighted by Gasteiger charge is -2.25. The fraction of sp³-hybridized carbons (Fsp3) is 0.515. The highest BCUT2D eigenvalue weighted by Gasteiger charge is 2.49. The quantitative estimate of drug-likeness (QED) is 0.140. The number of esters is 4. The first-order valence-electron chi connectivity index (χ1n) is 15.1. The maximum Gasteiger partial charge on any atom is 0.343 e. The molecule has 2 aromatic rings. The van der Waals surface area contributed by atoms with Gasteiger partial charge in [0.05, 0.1) is 26.4 Å². The Kier molecular flexibility index (Phi) is 11.4. The van der Waals surface area contributed by atoms with Gasteiger partial charge in [0, 0.05) is 25.0 Å². The van der Waals surface area contributed by atoms with E-state index in [1.807, 2.05) is 0 Å². The largest absolute Gasteiger partial charge is 0.493 e. The number of benzene rings is 2. The highest BCUT2D eigenvalue weighted by molar-refractivity contribution is 5.98. The minimum atomic E-state index is -1.44. The van der Waals surface area contributed by atoms with Gasteiger partial charge in [-0.15, -0.1) is 0 Å². The molecule has 2 aliphatic rings. The van der Waals surface area contributed by atoms with Gasteiger partial charge >= 0.3 is 23.9 Å². The molecular weight excluding hydrogens is 588 g/mol. The number of aliphatic hydroxyl groups is 2. The van der Waals surface area contributed by atoms with Gasteiger partial charge in [-0.3, -0.25) is 9.59 Å². The molecule has 2 heterocycles. The maximum absolute atomic E-state index is 12.6. The number of rotatable bonds is 18. The van der Waals surface area contributed by atoms with E-state index in [4.69, 9.17) is 28.4 Å². The topological polar surface area (TPSA) is 164 Å². The van der Waals surface area contributed by atoms with Gasteiger partial charge in [0.2, 0.25) is 0 Å². The molecule has 45 heavy (non-hydrogen) atoms. The first kappa shape index (κ1) is 33.7. The van der Waals surface area contributed by atoms with Gasteiger partial charge in [0.15, 0.2) is 11.2 Å². The molecule has 0 radical (unpaired) electrons. The molecule has 2 aromatic carbocycles. The first-order chi connectivity index (χ1) is 21.7. The van der Waals surface area contributed by atoms with Crippen LogP contribution in [0, 0.1) is 0 Å². The van der Waals surface area contributed by atoms with Crippen molar-refractivity contribution in [3.8, 4) is 11.5 Å². The van der Waals surface area contributed by atoms with Crippen molar-refractivity contribution < 1.29 is 57.8 Å². The van der Waals surface area contributed by atoms with Crippen molar-refractivity contribution in [2.45, 2.75) is 70.0 Å². The Morgan fingerprint density at radius 2 is 1.02 bits per heavy atom. The lowest BCUT2D eigenvalue weighted by atomic mass is 9.93. The summed E-state index contributed by atoms with van der Waals surface area (Å²) in [5.74, 6) is -1.58. The molecule has 0 aromatic heterocycles. The summed E-state index contributed by atoms with van der Waals surface area (Å²) in [5, 5.41) is 19.9. The monoisotopic (exact) mass is 628 g/mol. The van der Waals surface area contributed by atoms with Gasteiger partial charge in [0.25, 0.3) is 0 Å². The average molecular weight is 629 g/mol. The van der Waals surface area contributed by atoms with Crippen LogP contribution in [-0.4, -0.2) is 73.7 Å². The van der Waals surface area contributed by atoms with Crippen molar-refractivity contribution in [1.82, 2.24) is 0 Å². The van der Waals surface area contributed by atoms with Crippen LogP contribution >= 0.6 is 0 Å². The number of carbonyl (C=O) groups is 4. The van der Waals surface area contributed by atoms with E-state index < -0.39 is 48.3 Å². The molecule has 0 saturated carbocycles. The summed E-state index contributed by atoms with van der Waals surface area (Å²) in [6, 6.07) is 10.1. The van der Waals surface area contributed by atoms with Crippen LogP contribution in [-0.2, 0) is 39.7 Å². The molecule has 0 saturated heterocycles. The Bertz CT molecular complexity index is 1280. The molecule has 0 unspecified atom stereocenters. The molecule has 4 rings (SSSR count). The number of aliphatic hydroxyl groups excluding tert-OH is 2. The molecule has 2 atom stereocenters. The highest BCUT2D eigenvalue weighted by Crippen LogP contribution is 2.42. The fourth-order valence-electron chi connectivity index (χ4n) is 5.48. The van der Waals surface area contributed by atoms with Crippen molar-refractivity contribution in [2.24, 2.45) is 0 Å². The van der Waals surface area contributed by atoms with Crippen LogP contribution in [0.15, 0.2) is 36.4 Å². The molecule has 0 spiro atoms. The van der Waals surface area contributed by atoms with Crippen LogP contribution in [0.4, 0.5) is 0 Å². The van der Waals surface area contributed by atoms with Gasteiger partial charge in [-0.2, -0.15) is 0 Å². The summed E-state index contributed by atoms with van der Waals surface area (Å²) in [6.45, 7) is 1.71. The lowest BCUT2D eigenvalue weighted by molar-refractivity contribution is -0.152. The lowest BCUT2D eigenvalue weighted by Crippen LogP contribution is -2.36. The Morgan fingerprint density at radius 3 is 1.38 bits per heavy atom. The Balaban J connectivity index is 1.14. The molecule has 2 aliphatic heterocycles. The predicted octanol–water partition coefficient (Wildman–Crippen LogP) is 3.72. The fourth-order valence-corrected chi connectivity index (χ4v) is 5.48. The number of carbonyl (C=O) groups excluding carboxylic acids is 4. The van der Waals surface area contributed by atoms with Crippen LogP contribution in [0.25, 0.3) is 0 Å². The Morgan fingerprint density at radius 1 is 0.644 bits per heavy atom. The third-order valence-electron chi connectivity index (χ3n) is 7.85. The summed E-state index contributed by atoms with van der Waals surface area (Å²) in [7, 11) is 0. The van der Waals surface area contributed by atoms with Gasteiger partial charge in [-0.05, 0) is 25.0 Å². The van der Waals surface area contributed by atoms with Crippen LogP contribution < -0.4 is 9.47 Å². The second-order valence-electron chi connectivity index (χ2n) is 11.2. The molecule has 0 fully saturated rings. The number of ether oxygens (including phenoxy) is 6. The van der Waals surface area contributed by atoms with Crippen molar-refractivity contribution in [1.29, 1.82) is 0 Å². The standard InChI is InChI=1S/C33H40O12/c1-22(36)42-20-32(18-34)24-12-10-14-26(28(24)30(38)44-32)40-16-8-6-4-3-5-7-9-17-41-27-15-11-13-25-29(27)31(39)45-33(25,19-35)21-43-23(2)37/h10-15,34-35H,3-9,16-21H2,1-2H3/t32-,33-/m1/s1. The number of hydrogen-bond donors (Lipinski definition) is 2. The van der Waals surface area contributed by atoms with Crippen molar-refractivity contribution >= 4 is 23.9 Å². The summed E-state index contributed by atoms with van der Waals surface area (Å²) in [4.78, 5) is 47.8. The molecule has 2 N–H and O–H groups in total. The summed E-state index contributed by atoms with van der Waals surface area (Å²) >= 11 is 0. The molecule has 12 heteroatoms. The van der Waals surface area contributed by atoms with Crippen LogP contribution in [0.3, 0.4) is 0 Å². The van der Waals surface area contributed by atoms with Crippen LogP contribution in [0.5, 0.6) is 11.5 Å². The second-order valence-corrected chi connectivity index (χ2v) is 11.2. The maximum atomic E-state index is 12.6. The summed E-state index contributed by atoms with van der Waals surface area (Å²) < 4.78 is 32.7. The van der Waals surface area contributed by atoms with Gasteiger partial charge in [-0.25, -0.2) is 9.59 Å². The molecule has 0 aliphatic carbocycles. The van der Waals surface area contributed by atoms with Gasteiger partial charge < -0.3 is 38.6 Å². The second kappa shape index (κ2) is 15.2. The van der Waals surface area contributed by atoms with Crippen molar-refractivity contribution in [2.75, 3.05) is 39.6 Å². The zero-order valence-corrected chi connectivity index (χ0v) is 25.6. The van der Waals surface area contributed by atoms with E-state index in [0.717, 1.165) is 44.9 Å². The van der Waals surface area contributed by atoms with Crippen LogP contribution in [0.2, 0.25) is 0 Å². The number of cyclic esters (lactones) is 2. The normalized spacial score (nSPS) is 19.7. The zero-order chi connectivity index (χ0) is 32.5. The third-order valence-corrected chi connectivity index (χ3v) is 7.85. The van der Waals surface area contributed by atoms with E-state index in [2.05, 4.69) is 0 Å². The van der Waals surface area contributed by atoms with E-state index in [0.29, 0.717) is 35.8 Å². The minimum Gasteiger partial charge on any atom is -0.493 e. The minimum absolute atomic E-state index is 0.244. The predicted molar refractivity (Wildman–Crippen MR) is 158 cm³/mol. The summed E-state index contributed by atoms with van der Waals surface area (Å²) in [6.07, 6.45) is 6.54. The van der Waals surface area contributed by atoms with Crippen LogP contribution in [0.1, 0.15) is 90.6 Å². The van der Waals surface area contributed by atoms with E-state index in [1.54, 1.807) is 36.4 Å². The molecule has 12 nitrogen and oxygen atoms in total. The van der Waals surface area contributed by atoms with Gasteiger partial charge in [-0.1, -0.05) is 56.4 Å². The van der Waals surface area contributed by atoms with Crippen molar-refractivity contribution in [3.05, 3.63) is 58.7 Å². The van der Waals surface area contributed by atoms with E-state index in [1.165, 1.54) is 13.8 Å². The van der Waals surface area contributed by atoms with E-state index >= 15 is 0 Å². The Hall–Kier alpha value is -4.16. The third kappa shape index (κ3) is 7.74. The van der Waals surface area contributed by atoms with Gasteiger partial charge in [0.1, 0.15) is 35.8 Å². The number of hydrogen-bond acceptors (Lipinski definition) is 12. The molecule has 244 valence electrons. The first-order valence-corrected chi connectivity index (χ1v) is 15.1. The smallest absolute Gasteiger partial charge is 0.343 e. The molecule has 0 bridgehead atoms.